The van der Waals surface area contributed by atoms with Crippen molar-refractivity contribution in [2.24, 2.45) is 0 Å². The average Bonchev–Trinajstić information content (AvgIpc) is 2.46. The van der Waals surface area contributed by atoms with E-state index in [1.165, 1.54) is 0 Å². The fourth-order valence-corrected chi connectivity index (χ4v) is 1.58. The topological polar surface area (TPSA) is 172 Å². The molecule has 0 aromatic carbocycles. The van der Waals surface area contributed by atoms with E-state index in [1.54, 1.807) is 0 Å². The molecule has 0 aromatic heterocycles. The summed E-state index contributed by atoms with van der Waals surface area (Å²) in [4.78, 5) is 60.6. The van der Waals surface area contributed by atoms with Crippen LogP contribution in [0.1, 0.15) is 78.6 Å². The molecule has 0 bridgehead atoms. The summed E-state index contributed by atoms with van der Waals surface area (Å²) in [6.07, 6.45) is 1.82. The Hall–Kier alpha value is -1.15. The van der Waals surface area contributed by atoms with Crippen molar-refractivity contribution in [3.05, 3.63) is 0 Å². The number of hydrogen-bond donors (Lipinski definition) is 0. The van der Waals surface area contributed by atoms with Gasteiger partial charge in [-0.3, -0.25) is 14.4 Å². The van der Waals surface area contributed by atoms with Crippen LogP contribution in [0.15, 0.2) is 0 Å². The zero-order valence-electron chi connectivity index (χ0n) is 17.0. The second-order valence-corrected chi connectivity index (χ2v) is 5.51. The van der Waals surface area contributed by atoms with E-state index in [-0.39, 0.29) is 60.8 Å². The van der Waals surface area contributed by atoms with Crippen LogP contribution in [-0.2, 0) is 72.2 Å². The standard InChI is InChI=1S/3C6H10O3.2Ti/c3*1-2-3-5(7)4-6(8)9;;/h3*2-4H2,1H3,(H,8,9);;/q;;;2*+4/p-3. The molecular weight excluding hydrogens is 456 g/mol. The summed E-state index contributed by atoms with van der Waals surface area (Å²) in [7, 11) is 0. The van der Waals surface area contributed by atoms with Crippen LogP contribution in [0.5, 0.6) is 0 Å². The Bertz CT molecular complexity index is 434. The van der Waals surface area contributed by atoms with Gasteiger partial charge in [-0.25, -0.2) is 0 Å². The molecule has 0 saturated carbocycles. The van der Waals surface area contributed by atoms with Crippen LogP contribution < -0.4 is 15.3 Å². The molecule has 0 fully saturated rings. The summed E-state index contributed by atoms with van der Waals surface area (Å²) in [5.41, 5.74) is 0. The minimum atomic E-state index is -1.28. The van der Waals surface area contributed by atoms with Crippen LogP contribution in [0.4, 0.5) is 0 Å². The molecule has 0 heterocycles. The fourth-order valence-electron chi connectivity index (χ4n) is 1.58. The molecule has 0 rings (SSSR count). The maximum Gasteiger partial charge on any atom is 4.00 e. The molecule has 0 atom stereocenters. The first-order chi connectivity index (χ1) is 12.5. The Balaban J connectivity index is -0.0000000960. The van der Waals surface area contributed by atoms with Crippen molar-refractivity contribution in [2.75, 3.05) is 0 Å². The number of rotatable bonds is 12. The molecule has 0 aliphatic rings. The van der Waals surface area contributed by atoms with Gasteiger partial charge in [0.05, 0.1) is 0 Å². The van der Waals surface area contributed by atoms with Crippen molar-refractivity contribution in [1.82, 2.24) is 0 Å². The van der Waals surface area contributed by atoms with Gasteiger partial charge in [-0.2, -0.15) is 0 Å². The van der Waals surface area contributed by atoms with E-state index >= 15 is 0 Å². The van der Waals surface area contributed by atoms with Crippen LogP contribution in [0.25, 0.3) is 0 Å². The molecule has 0 amide bonds. The van der Waals surface area contributed by atoms with Crippen molar-refractivity contribution >= 4 is 35.3 Å². The quantitative estimate of drug-likeness (QED) is 0.236. The number of hydrogen-bond acceptors (Lipinski definition) is 9. The zero-order valence-corrected chi connectivity index (χ0v) is 20.2. The third kappa shape index (κ3) is 42.1. The number of aliphatic carboxylic acids is 3. The van der Waals surface area contributed by atoms with Crippen LogP contribution in [0.2, 0.25) is 0 Å². The van der Waals surface area contributed by atoms with E-state index in [1.807, 2.05) is 20.8 Å². The van der Waals surface area contributed by atoms with Gasteiger partial charge >= 0.3 is 43.4 Å². The smallest absolute Gasteiger partial charge is 0.550 e. The minimum Gasteiger partial charge on any atom is -0.550 e. The Morgan fingerprint density at radius 2 is 0.655 bits per heavy atom. The van der Waals surface area contributed by atoms with Gasteiger partial charge in [0.25, 0.3) is 0 Å². The van der Waals surface area contributed by atoms with Crippen molar-refractivity contribution in [1.29, 1.82) is 0 Å². The van der Waals surface area contributed by atoms with Crippen LogP contribution in [0, 0.1) is 0 Å². The Morgan fingerprint density at radius 1 is 0.483 bits per heavy atom. The van der Waals surface area contributed by atoms with E-state index in [4.69, 9.17) is 0 Å². The van der Waals surface area contributed by atoms with Crippen molar-refractivity contribution < 1.29 is 87.5 Å². The van der Waals surface area contributed by atoms with E-state index < -0.39 is 37.2 Å². The Labute approximate surface area is 200 Å². The van der Waals surface area contributed by atoms with Crippen LogP contribution in [-0.4, -0.2) is 35.3 Å². The molecule has 0 aliphatic heterocycles. The molecule has 156 valence electrons. The maximum absolute atomic E-state index is 10.4. The van der Waals surface area contributed by atoms with E-state index in [0.29, 0.717) is 38.5 Å². The van der Waals surface area contributed by atoms with Crippen molar-refractivity contribution in [3.63, 3.8) is 0 Å². The van der Waals surface area contributed by atoms with Gasteiger partial charge in [-0.1, -0.05) is 20.8 Å². The van der Waals surface area contributed by atoms with Crippen molar-refractivity contribution in [3.8, 4) is 0 Å². The second-order valence-electron chi connectivity index (χ2n) is 5.51. The van der Waals surface area contributed by atoms with Gasteiger partial charge < -0.3 is 29.7 Å². The average molecular weight is 483 g/mol. The SMILES string of the molecule is CCCC(=O)CC(=O)[O-].CCCC(=O)CC(=O)[O-].CCCC(=O)CC(=O)[O-].[Ti+4].[Ti+4]. The predicted molar refractivity (Wildman–Crippen MR) is 88.6 cm³/mol. The summed E-state index contributed by atoms with van der Waals surface area (Å²) >= 11 is 0. The maximum atomic E-state index is 10.4. The van der Waals surface area contributed by atoms with Gasteiger partial charge in [0.15, 0.2) is 0 Å². The fraction of sp³-hybridized carbons (Fsp3) is 0.667. The van der Waals surface area contributed by atoms with Gasteiger partial charge in [0, 0.05) is 56.4 Å². The molecule has 0 N–H and O–H groups in total. The number of carbonyl (C=O) groups is 6. The van der Waals surface area contributed by atoms with Gasteiger partial charge in [0.1, 0.15) is 17.3 Å². The molecule has 0 aliphatic carbocycles. The first kappa shape index (κ1) is 38.5. The summed E-state index contributed by atoms with van der Waals surface area (Å²) in [5, 5.41) is 29.3. The third-order valence-electron chi connectivity index (χ3n) is 2.61. The number of carbonyl (C=O) groups excluding carboxylic acids is 6. The normalized spacial score (nSPS) is 8.38. The summed E-state index contributed by atoms with van der Waals surface area (Å²) in [6.45, 7) is 5.48. The monoisotopic (exact) mass is 483 g/mol. The molecule has 0 radical (unpaired) electrons. The molecule has 0 spiro atoms. The van der Waals surface area contributed by atoms with E-state index in [2.05, 4.69) is 0 Å². The third-order valence-corrected chi connectivity index (χ3v) is 2.61. The van der Waals surface area contributed by atoms with Crippen molar-refractivity contribution in [2.45, 2.75) is 78.6 Å². The second kappa shape index (κ2) is 26.8. The van der Waals surface area contributed by atoms with Crippen LogP contribution >= 0.6 is 0 Å². The van der Waals surface area contributed by atoms with Gasteiger partial charge in [0.2, 0.25) is 0 Å². The van der Waals surface area contributed by atoms with E-state index in [9.17, 15) is 44.1 Å². The Kier molecular flexibility index (Phi) is 35.6. The molecule has 0 saturated heterocycles. The Morgan fingerprint density at radius 3 is 0.759 bits per heavy atom. The summed E-state index contributed by atoms with van der Waals surface area (Å²) in [6, 6.07) is 0. The molecule has 11 heteroatoms. The van der Waals surface area contributed by atoms with Gasteiger partial charge in [-0.05, 0) is 19.3 Å². The number of Topliss-reactive ketones (excluding diaryl/α,β-unsaturated/α-hetero) is 3. The first-order valence-corrected chi connectivity index (χ1v) is 8.64. The summed E-state index contributed by atoms with van der Waals surface area (Å²) in [5.74, 6) is -4.61. The summed E-state index contributed by atoms with van der Waals surface area (Å²) < 4.78 is 0. The molecule has 0 unspecified atom stereocenters. The van der Waals surface area contributed by atoms with E-state index in [0.717, 1.165) is 0 Å². The number of ketones is 3. The number of carboxylic acid groups (broad SMARTS) is 3. The number of carboxylic acids is 3. The van der Waals surface area contributed by atoms with Gasteiger partial charge in [-0.15, -0.1) is 0 Å². The molecule has 0 aromatic rings. The minimum absolute atomic E-state index is 0. The molecular formula is C18H27O9Ti2+5. The largest absolute Gasteiger partial charge is 4.00 e. The molecule has 29 heavy (non-hydrogen) atoms. The zero-order chi connectivity index (χ0) is 21.8. The first-order valence-electron chi connectivity index (χ1n) is 8.64. The predicted octanol–water partition coefficient (Wildman–Crippen LogP) is -1.52. The molecule has 9 nitrogen and oxygen atoms in total. The van der Waals surface area contributed by atoms with Crippen LogP contribution in [0.3, 0.4) is 0 Å².